The summed E-state index contributed by atoms with van der Waals surface area (Å²) < 4.78 is 14.8. The topological polar surface area (TPSA) is 56.1 Å². The zero-order valence-corrected chi connectivity index (χ0v) is 14.5. The predicted molar refractivity (Wildman–Crippen MR) is 93.6 cm³/mol. The van der Waals surface area contributed by atoms with Crippen LogP contribution in [0, 0.1) is 30.0 Å². The molecule has 2 aromatic rings. The van der Waals surface area contributed by atoms with E-state index in [2.05, 4.69) is 16.3 Å². The molecular weight excluding hydrogens is 325 g/mol. The number of hydrogen-bond donors (Lipinski definition) is 1. The van der Waals surface area contributed by atoms with Crippen molar-refractivity contribution in [1.29, 1.82) is 5.26 Å². The minimum Gasteiger partial charge on any atom is -0.351 e. The van der Waals surface area contributed by atoms with E-state index in [0.717, 1.165) is 36.2 Å². The number of nitrogens with one attached hydrogen (secondary N) is 1. The van der Waals surface area contributed by atoms with E-state index in [4.69, 9.17) is 5.26 Å². The van der Waals surface area contributed by atoms with Gasteiger partial charge >= 0.3 is 0 Å². The molecule has 0 spiro atoms. The monoisotopic (exact) mass is 345 g/mol. The van der Waals surface area contributed by atoms with Crippen LogP contribution in [-0.4, -0.2) is 37.0 Å². The number of amides is 1. The van der Waals surface area contributed by atoms with Gasteiger partial charge in [0.25, 0.3) is 5.91 Å². The fourth-order valence-electron chi connectivity index (χ4n) is 3.24. The lowest BCUT2D eigenvalue weighted by molar-refractivity contribution is 0.0941. The molecule has 24 heavy (non-hydrogen) atoms. The van der Waals surface area contributed by atoms with E-state index in [0.29, 0.717) is 29.3 Å². The molecule has 1 saturated heterocycles. The van der Waals surface area contributed by atoms with Gasteiger partial charge in [-0.15, -0.1) is 11.3 Å². The number of aryl methyl sites for hydroxylation is 1. The first-order valence-electron chi connectivity index (χ1n) is 8.15. The molecule has 1 amide bonds. The summed E-state index contributed by atoms with van der Waals surface area (Å²) in [5.74, 6) is 0.0491. The van der Waals surface area contributed by atoms with E-state index in [9.17, 15) is 9.18 Å². The summed E-state index contributed by atoms with van der Waals surface area (Å²) in [6.07, 6.45) is 1.98. The number of hydrogen-bond acceptors (Lipinski definition) is 4. The van der Waals surface area contributed by atoms with Crippen molar-refractivity contribution in [3.8, 4) is 6.07 Å². The maximum Gasteiger partial charge on any atom is 0.261 e. The number of thiophene rings is 1. The minimum atomic E-state index is -0.273. The van der Waals surface area contributed by atoms with Crippen molar-refractivity contribution >= 4 is 27.3 Å². The lowest BCUT2D eigenvalue weighted by Crippen LogP contribution is -2.38. The van der Waals surface area contributed by atoms with Crippen molar-refractivity contribution in [2.45, 2.75) is 19.8 Å². The van der Waals surface area contributed by atoms with Gasteiger partial charge in [0.05, 0.1) is 17.5 Å². The van der Waals surface area contributed by atoms with Crippen LogP contribution < -0.4 is 5.32 Å². The van der Waals surface area contributed by atoms with Gasteiger partial charge in [-0.25, -0.2) is 4.39 Å². The van der Waals surface area contributed by atoms with Gasteiger partial charge in [0.15, 0.2) is 0 Å². The van der Waals surface area contributed by atoms with Crippen LogP contribution in [0.5, 0.6) is 0 Å². The Kier molecular flexibility index (Phi) is 5.12. The largest absolute Gasteiger partial charge is 0.351 e. The normalized spacial score (nSPS) is 16.2. The maximum atomic E-state index is 13.9. The standard InChI is InChI=1S/C18H20FN3OS/c1-12-16-14(19)3-2-4-15(16)24-17(12)18(23)21-11-13-5-8-22(9-6-13)10-7-20/h2-4,13H,5-6,8-11H2,1H3,(H,21,23). The Labute approximate surface area is 144 Å². The van der Waals surface area contributed by atoms with Gasteiger partial charge in [-0.3, -0.25) is 9.69 Å². The average Bonchev–Trinajstić information content (AvgIpc) is 2.92. The fourth-order valence-corrected chi connectivity index (χ4v) is 4.38. The van der Waals surface area contributed by atoms with Crippen molar-refractivity contribution in [1.82, 2.24) is 10.2 Å². The average molecular weight is 345 g/mol. The van der Waals surface area contributed by atoms with Crippen LogP contribution in [0.3, 0.4) is 0 Å². The van der Waals surface area contributed by atoms with E-state index in [-0.39, 0.29) is 11.7 Å². The van der Waals surface area contributed by atoms with E-state index in [1.807, 2.05) is 6.07 Å². The molecule has 1 aliphatic rings. The van der Waals surface area contributed by atoms with Crippen molar-refractivity contribution in [3.63, 3.8) is 0 Å². The zero-order valence-electron chi connectivity index (χ0n) is 13.6. The molecule has 1 aliphatic heterocycles. The third-order valence-electron chi connectivity index (χ3n) is 4.66. The van der Waals surface area contributed by atoms with Gasteiger partial charge in [-0.2, -0.15) is 5.26 Å². The molecule has 0 saturated carbocycles. The Morgan fingerprint density at radius 2 is 2.21 bits per heavy atom. The summed E-state index contributed by atoms with van der Waals surface area (Å²) in [5, 5.41) is 12.3. The van der Waals surface area contributed by atoms with Crippen LogP contribution in [0.15, 0.2) is 18.2 Å². The summed E-state index contributed by atoms with van der Waals surface area (Å²) >= 11 is 1.34. The summed E-state index contributed by atoms with van der Waals surface area (Å²) in [6, 6.07) is 7.12. The Morgan fingerprint density at radius 1 is 1.46 bits per heavy atom. The highest BCUT2D eigenvalue weighted by atomic mass is 32.1. The van der Waals surface area contributed by atoms with Crippen molar-refractivity contribution < 1.29 is 9.18 Å². The molecule has 6 heteroatoms. The number of likely N-dealkylation sites (tertiary alicyclic amines) is 1. The maximum absolute atomic E-state index is 13.9. The van der Waals surface area contributed by atoms with E-state index in [1.165, 1.54) is 17.4 Å². The van der Waals surface area contributed by atoms with Gasteiger partial charge in [0, 0.05) is 16.6 Å². The first-order chi connectivity index (χ1) is 11.6. The van der Waals surface area contributed by atoms with Gasteiger partial charge in [-0.05, 0) is 56.5 Å². The summed E-state index contributed by atoms with van der Waals surface area (Å²) in [4.78, 5) is 15.2. The van der Waals surface area contributed by atoms with Gasteiger partial charge in [0.1, 0.15) is 5.82 Å². The molecule has 4 nitrogen and oxygen atoms in total. The van der Waals surface area contributed by atoms with Crippen molar-refractivity contribution in [2.75, 3.05) is 26.2 Å². The minimum absolute atomic E-state index is 0.118. The summed E-state index contributed by atoms with van der Waals surface area (Å²) in [6.45, 7) is 4.72. The number of fused-ring (bicyclic) bond motifs is 1. The Balaban J connectivity index is 1.61. The Bertz CT molecular complexity index is 787. The van der Waals surface area contributed by atoms with Crippen LogP contribution >= 0.6 is 11.3 Å². The van der Waals surface area contributed by atoms with Gasteiger partial charge in [-0.1, -0.05) is 6.07 Å². The number of carbonyl (C=O) groups excluding carboxylic acids is 1. The molecule has 1 N–H and O–H groups in total. The highest BCUT2D eigenvalue weighted by molar-refractivity contribution is 7.21. The Hall–Kier alpha value is -1.97. The van der Waals surface area contributed by atoms with Crippen LogP contribution in [0.2, 0.25) is 0 Å². The third kappa shape index (κ3) is 3.42. The molecule has 0 unspecified atom stereocenters. The second kappa shape index (κ2) is 7.29. The molecule has 0 bridgehead atoms. The lowest BCUT2D eigenvalue weighted by atomic mass is 9.97. The summed E-state index contributed by atoms with van der Waals surface area (Å²) in [5.41, 5.74) is 0.717. The number of carbonyl (C=O) groups is 1. The van der Waals surface area contributed by atoms with Gasteiger partial charge in [0.2, 0.25) is 0 Å². The molecule has 1 aromatic carbocycles. The molecule has 0 aliphatic carbocycles. The second-order valence-corrected chi connectivity index (χ2v) is 7.31. The number of piperidine rings is 1. The Morgan fingerprint density at radius 3 is 2.88 bits per heavy atom. The molecule has 0 radical (unpaired) electrons. The van der Waals surface area contributed by atoms with E-state index >= 15 is 0 Å². The number of rotatable bonds is 4. The SMILES string of the molecule is Cc1c(C(=O)NCC2CCN(CC#N)CC2)sc2cccc(F)c12. The third-order valence-corrected chi connectivity index (χ3v) is 5.92. The molecule has 126 valence electrons. The quantitative estimate of drug-likeness (QED) is 0.865. The molecule has 1 aromatic heterocycles. The first-order valence-corrected chi connectivity index (χ1v) is 8.97. The molecular formula is C18H20FN3OS. The van der Waals surface area contributed by atoms with Crippen molar-refractivity contribution in [2.24, 2.45) is 5.92 Å². The molecule has 3 rings (SSSR count). The first kappa shape index (κ1) is 16.9. The zero-order chi connectivity index (χ0) is 17.1. The lowest BCUT2D eigenvalue weighted by Gasteiger charge is -2.30. The van der Waals surface area contributed by atoms with E-state index < -0.39 is 0 Å². The fraction of sp³-hybridized carbons (Fsp3) is 0.444. The van der Waals surface area contributed by atoms with Crippen LogP contribution in [0.25, 0.3) is 10.1 Å². The highest BCUT2D eigenvalue weighted by Crippen LogP contribution is 2.32. The van der Waals surface area contributed by atoms with Crippen LogP contribution in [0.1, 0.15) is 28.1 Å². The van der Waals surface area contributed by atoms with Crippen molar-refractivity contribution in [3.05, 3.63) is 34.5 Å². The summed E-state index contributed by atoms with van der Waals surface area (Å²) in [7, 11) is 0. The number of nitriles is 1. The van der Waals surface area contributed by atoms with Gasteiger partial charge < -0.3 is 5.32 Å². The van der Waals surface area contributed by atoms with Crippen LogP contribution in [-0.2, 0) is 0 Å². The molecule has 2 heterocycles. The highest BCUT2D eigenvalue weighted by Gasteiger charge is 2.21. The predicted octanol–water partition coefficient (Wildman–Crippen LogP) is 3.31. The number of halogens is 1. The number of benzene rings is 1. The van der Waals surface area contributed by atoms with E-state index in [1.54, 1.807) is 13.0 Å². The number of nitrogens with zero attached hydrogens (tertiary/aromatic N) is 2. The molecule has 0 atom stereocenters. The molecule has 1 fully saturated rings. The second-order valence-electron chi connectivity index (χ2n) is 6.26. The smallest absolute Gasteiger partial charge is 0.261 e. The van der Waals surface area contributed by atoms with Crippen LogP contribution in [0.4, 0.5) is 4.39 Å².